The predicted molar refractivity (Wildman–Crippen MR) is 120 cm³/mol. The lowest BCUT2D eigenvalue weighted by atomic mass is 9.95. The highest BCUT2D eigenvalue weighted by molar-refractivity contribution is 6.00. The molecular formula is C23H29N3O9. The van der Waals surface area contributed by atoms with Gasteiger partial charge >= 0.3 is 17.9 Å². The van der Waals surface area contributed by atoms with Gasteiger partial charge in [-0.3, -0.25) is 24.0 Å². The molecule has 4 atom stereocenters. The number of nitrogens with one attached hydrogen (secondary N) is 3. The minimum atomic E-state index is -1.82. The number of hydrogen-bond acceptors (Lipinski definition) is 8. The number of amides is 3. The smallest absolute Gasteiger partial charge is 0.327 e. The zero-order chi connectivity index (χ0) is 26.0. The Kier molecular flexibility index (Phi) is 10.2. The summed E-state index contributed by atoms with van der Waals surface area (Å²) in [4.78, 5) is 73.5. The molecule has 2 rings (SSSR count). The number of esters is 2. The molecule has 0 radical (unpaired) electrons. The van der Waals surface area contributed by atoms with Gasteiger partial charge < -0.3 is 30.5 Å². The van der Waals surface area contributed by atoms with E-state index in [9.17, 15) is 33.9 Å². The van der Waals surface area contributed by atoms with Crippen molar-refractivity contribution in [3.05, 3.63) is 35.9 Å². The first-order valence-corrected chi connectivity index (χ1v) is 11.1. The number of benzene rings is 1. The molecule has 0 saturated carbocycles. The second-order valence-corrected chi connectivity index (χ2v) is 7.77. The topological polar surface area (TPSA) is 177 Å². The number of carbonyl (C=O) groups is 6. The number of carboxylic acid groups (broad SMARTS) is 1. The molecule has 190 valence electrons. The van der Waals surface area contributed by atoms with Gasteiger partial charge in [-0.05, 0) is 19.4 Å². The second-order valence-electron chi connectivity index (χ2n) is 7.77. The highest BCUT2D eigenvalue weighted by atomic mass is 16.5. The molecule has 1 aliphatic heterocycles. The molecular weight excluding hydrogens is 462 g/mol. The van der Waals surface area contributed by atoms with Crippen LogP contribution in [0.25, 0.3) is 0 Å². The normalized spacial score (nSPS) is 18.9. The Morgan fingerprint density at radius 3 is 2.17 bits per heavy atom. The van der Waals surface area contributed by atoms with Gasteiger partial charge in [-0.25, -0.2) is 4.79 Å². The number of rotatable bonds is 12. The van der Waals surface area contributed by atoms with Crippen LogP contribution >= 0.6 is 0 Å². The lowest BCUT2D eigenvalue weighted by molar-refractivity contribution is -0.160. The fourth-order valence-electron chi connectivity index (χ4n) is 3.55. The number of aliphatic carboxylic acids is 1. The zero-order valence-corrected chi connectivity index (χ0v) is 19.4. The van der Waals surface area contributed by atoms with Crippen LogP contribution in [0.3, 0.4) is 0 Å². The molecule has 35 heavy (non-hydrogen) atoms. The molecule has 0 aliphatic carbocycles. The van der Waals surface area contributed by atoms with E-state index in [4.69, 9.17) is 9.47 Å². The van der Waals surface area contributed by atoms with Gasteiger partial charge in [0.05, 0.1) is 32.0 Å². The third-order valence-electron chi connectivity index (χ3n) is 5.20. The van der Waals surface area contributed by atoms with E-state index in [1.165, 1.54) is 6.92 Å². The first-order chi connectivity index (χ1) is 16.7. The van der Waals surface area contributed by atoms with Gasteiger partial charge in [0, 0.05) is 6.42 Å². The van der Waals surface area contributed by atoms with Crippen molar-refractivity contribution >= 4 is 35.6 Å². The van der Waals surface area contributed by atoms with Gasteiger partial charge in [0.25, 0.3) is 0 Å². The molecule has 12 nitrogen and oxygen atoms in total. The molecule has 1 aromatic rings. The van der Waals surface area contributed by atoms with Crippen LogP contribution in [0.15, 0.2) is 30.3 Å². The van der Waals surface area contributed by atoms with Crippen LogP contribution in [0, 0.1) is 5.92 Å². The first kappa shape index (κ1) is 27.3. The standard InChI is InChI=1S/C23H29N3O9/c1-3-34-18(28)11-14(23(33)35-4-2)19(22(31)32)26-17(27)12-16-21(30)24-15(20(29)25-16)10-13-8-6-5-7-9-13/h5-9,14-16,19H,3-4,10-12H2,1-2H3,(H,24,30)(H,25,29)(H,26,27)(H,31,32)/t14-,15-,16-,19+/m0/s1. The largest absolute Gasteiger partial charge is 0.480 e. The molecule has 12 heteroatoms. The van der Waals surface area contributed by atoms with Crippen molar-refractivity contribution in [2.75, 3.05) is 13.2 Å². The molecule has 1 heterocycles. The summed E-state index contributed by atoms with van der Waals surface area (Å²) in [5.74, 6) is -7.00. The molecule has 0 aromatic heterocycles. The molecule has 3 amide bonds. The molecule has 4 N–H and O–H groups in total. The lowest BCUT2D eigenvalue weighted by Crippen LogP contribution is -2.63. The third-order valence-corrected chi connectivity index (χ3v) is 5.20. The van der Waals surface area contributed by atoms with E-state index in [1.54, 1.807) is 31.2 Å². The maximum atomic E-state index is 12.6. The van der Waals surface area contributed by atoms with Gasteiger partial charge in [-0.15, -0.1) is 0 Å². The van der Waals surface area contributed by atoms with Crippen LogP contribution in [0.4, 0.5) is 0 Å². The van der Waals surface area contributed by atoms with Crippen LogP contribution in [-0.4, -0.2) is 72.1 Å². The number of carboxylic acids is 1. The maximum Gasteiger partial charge on any atom is 0.327 e. The fourth-order valence-corrected chi connectivity index (χ4v) is 3.55. The molecule has 1 aromatic carbocycles. The van der Waals surface area contributed by atoms with Crippen LogP contribution < -0.4 is 16.0 Å². The number of piperazine rings is 1. The number of carbonyl (C=O) groups excluding carboxylic acids is 5. The second kappa shape index (κ2) is 13.1. The van der Waals surface area contributed by atoms with E-state index in [-0.39, 0.29) is 19.6 Å². The summed E-state index contributed by atoms with van der Waals surface area (Å²) >= 11 is 0. The summed E-state index contributed by atoms with van der Waals surface area (Å²) in [7, 11) is 0. The Labute approximate surface area is 201 Å². The van der Waals surface area contributed by atoms with Gasteiger partial charge in [0.15, 0.2) is 0 Å². The summed E-state index contributed by atoms with van der Waals surface area (Å²) in [5.41, 5.74) is 0.833. The number of hydrogen-bond donors (Lipinski definition) is 4. The molecule has 1 fully saturated rings. The molecule has 0 unspecified atom stereocenters. The highest BCUT2D eigenvalue weighted by Gasteiger charge is 2.40. The van der Waals surface area contributed by atoms with E-state index in [0.29, 0.717) is 0 Å². The zero-order valence-electron chi connectivity index (χ0n) is 19.4. The Morgan fingerprint density at radius 1 is 0.971 bits per heavy atom. The Hall–Kier alpha value is -3.96. The Morgan fingerprint density at radius 2 is 1.57 bits per heavy atom. The quantitative estimate of drug-likeness (QED) is 0.275. The summed E-state index contributed by atoms with van der Waals surface area (Å²) in [5, 5.41) is 16.8. The molecule has 1 aliphatic rings. The van der Waals surface area contributed by atoms with Crippen molar-refractivity contribution in [1.29, 1.82) is 0 Å². The van der Waals surface area contributed by atoms with Gasteiger partial charge in [-0.2, -0.15) is 0 Å². The SMILES string of the molecule is CCOC(=O)C[C@H](C(=O)OCC)[C@@H](NC(=O)C[C@@H]1NC(=O)[C@H](Cc2ccccc2)NC1=O)C(=O)O. The van der Waals surface area contributed by atoms with Crippen LogP contribution in [-0.2, 0) is 44.7 Å². The summed E-state index contributed by atoms with van der Waals surface area (Å²) in [6.07, 6.45) is -0.951. The lowest BCUT2D eigenvalue weighted by Gasteiger charge is -2.30. The van der Waals surface area contributed by atoms with E-state index < -0.39 is 72.5 Å². The van der Waals surface area contributed by atoms with Crippen molar-refractivity contribution in [2.45, 2.75) is 51.2 Å². The van der Waals surface area contributed by atoms with Crippen molar-refractivity contribution in [2.24, 2.45) is 5.92 Å². The minimum Gasteiger partial charge on any atom is -0.480 e. The van der Waals surface area contributed by atoms with Crippen LogP contribution in [0.5, 0.6) is 0 Å². The predicted octanol–water partition coefficient (Wildman–Crippen LogP) is -0.696. The summed E-state index contributed by atoms with van der Waals surface area (Å²) < 4.78 is 9.64. The van der Waals surface area contributed by atoms with Crippen molar-refractivity contribution in [3.8, 4) is 0 Å². The van der Waals surface area contributed by atoms with Crippen molar-refractivity contribution < 1.29 is 43.3 Å². The van der Waals surface area contributed by atoms with E-state index >= 15 is 0 Å². The minimum absolute atomic E-state index is 0.0141. The molecule has 1 saturated heterocycles. The number of ether oxygens (including phenoxy) is 2. The Bertz CT molecular complexity index is 951. The fraction of sp³-hybridized carbons (Fsp3) is 0.478. The van der Waals surface area contributed by atoms with Gasteiger partial charge in [0.1, 0.15) is 18.1 Å². The average molecular weight is 491 g/mol. The molecule has 0 spiro atoms. The van der Waals surface area contributed by atoms with E-state index in [0.717, 1.165) is 5.56 Å². The van der Waals surface area contributed by atoms with E-state index in [2.05, 4.69) is 16.0 Å². The van der Waals surface area contributed by atoms with Crippen LogP contribution in [0.2, 0.25) is 0 Å². The highest BCUT2D eigenvalue weighted by Crippen LogP contribution is 2.15. The van der Waals surface area contributed by atoms with Gasteiger partial charge in [-0.1, -0.05) is 30.3 Å². The monoisotopic (exact) mass is 491 g/mol. The summed E-state index contributed by atoms with van der Waals surface area (Å²) in [6.45, 7) is 2.99. The third kappa shape index (κ3) is 8.09. The average Bonchev–Trinajstić information content (AvgIpc) is 2.80. The Balaban J connectivity index is 2.04. The van der Waals surface area contributed by atoms with Gasteiger partial charge in [0.2, 0.25) is 17.7 Å². The molecule has 0 bridgehead atoms. The summed E-state index contributed by atoms with van der Waals surface area (Å²) in [6, 6.07) is 5.15. The van der Waals surface area contributed by atoms with Crippen LogP contribution in [0.1, 0.15) is 32.3 Å². The van der Waals surface area contributed by atoms with E-state index in [1.807, 2.05) is 6.07 Å². The van der Waals surface area contributed by atoms with Crippen molar-refractivity contribution in [3.63, 3.8) is 0 Å². The first-order valence-electron chi connectivity index (χ1n) is 11.1. The maximum absolute atomic E-state index is 12.6. The van der Waals surface area contributed by atoms with Crippen molar-refractivity contribution in [1.82, 2.24) is 16.0 Å².